The average molecular weight is 298 g/mol. The van der Waals surface area contributed by atoms with Crippen molar-refractivity contribution in [2.75, 3.05) is 6.54 Å². The van der Waals surface area contributed by atoms with Crippen LogP contribution in [0.15, 0.2) is 35.7 Å². The van der Waals surface area contributed by atoms with Gasteiger partial charge in [0.25, 0.3) is 0 Å². The molecule has 5 heteroatoms. The molecule has 0 aliphatic heterocycles. The van der Waals surface area contributed by atoms with Gasteiger partial charge in [0.15, 0.2) is 0 Å². The molecular formula is C14H16ClNO2S. The van der Waals surface area contributed by atoms with Crippen LogP contribution in [-0.4, -0.2) is 16.8 Å². The van der Waals surface area contributed by atoms with Crippen LogP contribution in [0, 0.1) is 0 Å². The molecule has 3 N–H and O–H groups in total. The molecule has 102 valence electrons. The Kier molecular flexibility index (Phi) is 4.47. The van der Waals surface area contributed by atoms with E-state index in [2.05, 4.69) is 5.32 Å². The third-order valence-corrected chi connectivity index (χ3v) is 4.24. The SMILES string of the molecule is CC(O)(CNCc1cc(Cl)ccc1O)c1cccs1. The quantitative estimate of drug-likeness (QED) is 0.795. The summed E-state index contributed by atoms with van der Waals surface area (Å²) in [5.74, 6) is 0.202. The van der Waals surface area contributed by atoms with E-state index in [0.29, 0.717) is 18.1 Å². The first-order valence-corrected chi connectivity index (χ1v) is 7.19. The monoisotopic (exact) mass is 297 g/mol. The number of hydrogen-bond acceptors (Lipinski definition) is 4. The van der Waals surface area contributed by atoms with Crippen molar-refractivity contribution in [2.24, 2.45) is 0 Å². The van der Waals surface area contributed by atoms with Crippen molar-refractivity contribution < 1.29 is 10.2 Å². The van der Waals surface area contributed by atoms with Gasteiger partial charge in [-0.1, -0.05) is 17.7 Å². The highest BCUT2D eigenvalue weighted by Crippen LogP contribution is 2.25. The van der Waals surface area contributed by atoms with Crippen LogP contribution >= 0.6 is 22.9 Å². The molecule has 1 unspecified atom stereocenters. The molecule has 0 aliphatic rings. The minimum Gasteiger partial charge on any atom is -0.508 e. The molecule has 0 saturated heterocycles. The number of rotatable bonds is 5. The largest absolute Gasteiger partial charge is 0.508 e. The maximum absolute atomic E-state index is 10.3. The Labute approximate surface area is 121 Å². The lowest BCUT2D eigenvalue weighted by atomic mass is 10.1. The van der Waals surface area contributed by atoms with E-state index < -0.39 is 5.60 Å². The number of aliphatic hydroxyl groups is 1. The maximum Gasteiger partial charge on any atom is 0.120 e. The summed E-state index contributed by atoms with van der Waals surface area (Å²) in [5.41, 5.74) is -0.197. The zero-order valence-electron chi connectivity index (χ0n) is 10.6. The summed E-state index contributed by atoms with van der Waals surface area (Å²) >= 11 is 7.40. The van der Waals surface area contributed by atoms with Gasteiger partial charge in [0, 0.05) is 28.6 Å². The summed E-state index contributed by atoms with van der Waals surface area (Å²) in [6, 6.07) is 8.74. The molecule has 0 radical (unpaired) electrons. The van der Waals surface area contributed by atoms with Crippen molar-refractivity contribution in [3.05, 3.63) is 51.2 Å². The van der Waals surface area contributed by atoms with Gasteiger partial charge in [-0.25, -0.2) is 0 Å². The van der Waals surface area contributed by atoms with E-state index in [-0.39, 0.29) is 5.75 Å². The minimum atomic E-state index is -0.914. The van der Waals surface area contributed by atoms with Gasteiger partial charge in [-0.15, -0.1) is 11.3 Å². The Balaban J connectivity index is 1.95. The number of phenolic OH excluding ortho intramolecular Hbond substituents is 1. The molecule has 3 nitrogen and oxygen atoms in total. The molecule has 19 heavy (non-hydrogen) atoms. The van der Waals surface area contributed by atoms with Gasteiger partial charge in [-0.3, -0.25) is 0 Å². The van der Waals surface area contributed by atoms with Crippen molar-refractivity contribution in [3.8, 4) is 5.75 Å². The van der Waals surface area contributed by atoms with E-state index in [9.17, 15) is 10.2 Å². The minimum absolute atomic E-state index is 0.202. The lowest BCUT2D eigenvalue weighted by Crippen LogP contribution is -2.34. The van der Waals surface area contributed by atoms with Gasteiger partial charge in [-0.05, 0) is 36.6 Å². The van der Waals surface area contributed by atoms with Crippen molar-refractivity contribution in [3.63, 3.8) is 0 Å². The summed E-state index contributed by atoms with van der Waals surface area (Å²) < 4.78 is 0. The second kappa shape index (κ2) is 5.92. The zero-order chi connectivity index (χ0) is 13.9. The molecule has 2 rings (SSSR count). The molecule has 1 atom stereocenters. The molecule has 0 spiro atoms. The molecule has 1 aromatic heterocycles. The van der Waals surface area contributed by atoms with Crippen molar-refractivity contribution in [2.45, 2.75) is 19.1 Å². The number of nitrogens with one attached hydrogen (secondary N) is 1. The summed E-state index contributed by atoms with van der Waals surface area (Å²) in [5, 5.41) is 25.7. The Morgan fingerprint density at radius 3 is 2.84 bits per heavy atom. The topological polar surface area (TPSA) is 52.5 Å². The molecule has 0 aliphatic carbocycles. The highest BCUT2D eigenvalue weighted by atomic mass is 35.5. The van der Waals surface area contributed by atoms with E-state index >= 15 is 0 Å². The van der Waals surface area contributed by atoms with Crippen LogP contribution in [0.5, 0.6) is 5.75 Å². The Bertz CT molecular complexity index is 540. The first-order valence-electron chi connectivity index (χ1n) is 5.93. The fourth-order valence-corrected chi connectivity index (χ4v) is 2.79. The molecule has 0 saturated carbocycles. The van der Waals surface area contributed by atoms with Crippen LogP contribution in [0.2, 0.25) is 5.02 Å². The van der Waals surface area contributed by atoms with Crippen LogP contribution in [-0.2, 0) is 12.1 Å². The summed E-state index contributed by atoms with van der Waals surface area (Å²) in [6.07, 6.45) is 0. The molecule has 0 fully saturated rings. The fourth-order valence-electron chi connectivity index (χ4n) is 1.81. The van der Waals surface area contributed by atoms with Gasteiger partial charge >= 0.3 is 0 Å². The molecule has 1 heterocycles. The molecule has 0 bridgehead atoms. The van der Waals surface area contributed by atoms with Crippen molar-refractivity contribution in [1.29, 1.82) is 0 Å². The highest BCUT2D eigenvalue weighted by Gasteiger charge is 2.23. The summed E-state index contributed by atoms with van der Waals surface area (Å²) in [7, 11) is 0. The molecular weight excluding hydrogens is 282 g/mol. The van der Waals surface area contributed by atoms with Gasteiger partial charge < -0.3 is 15.5 Å². The van der Waals surface area contributed by atoms with E-state index in [1.54, 1.807) is 25.1 Å². The van der Waals surface area contributed by atoms with Gasteiger partial charge in [0.05, 0.1) is 0 Å². The van der Waals surface area contributed by atoms with Crippen LogP contribution in [0.4, 0.5) is 0 Å². The second-order valence-corrected chi connectivity index (χ2v) is 6.01. The van der Waals surface area contributed by atoms with E-state index in [1.807, 2.05) is 17.5 Å². The Hall–Kier alpha value is -1.07. The lowest BCUT2D eigenvalue weighted by molar-refractivity contribution is 0.0604. The van der Waals surface area contributed by atoms with Crippen LogP contribution in [0.3, 0.4) is 0 Å². The van der Waals surface area contributed by atoms with Gasteiger partial charge in [0.1, 0.15) is 11.4 Å². The smallest absolute Gasteiger partial charge is 0.120 e. The molecule has 0 amide bonds. The van der Waals surface area contributed by atoms with E-state index in [1.165, 1.54) is 11.3 Å². The number of hydrogen-bond donors (Lipinski definition) is 3. The number of benzene rings is 1. The number of aromatic hydroxyl groups is 1. The third-order valence-electron chi connectivity index (χ3n) is 2.88. The molecule has 2 aromatic rings. The highest BCUT2D eigenvalue weighted by molar-refractivity contribution is 7.10. The van der Waals surface area contributed by atoms with Crippen molar-refractivity contribution in [1.82, 2.24) is 5.32 Å². The third kappa shape index (κ3) is 3.70. The standard InChI is InChI=1S/C14H16ClNO2S/c1-14(18,13-3-2-6-19-13)9-16-8-10-7-11(15)4-5-12(10)17/h2-7,16-18H,8-9H2,1H3. The maximum atomic E-state index is 10.3. The molecule has 1 aromatic carbocycles. The average Bonchev–Trinajstić information content (AvgIpc) is 2.88. The van der Waals surface area contributed by atoms with Crippen LogP contribution in [0.1, 0.15) is 17.4 Å². The zero-order valence-corrected chi connectivity index (χ0v) is 12.1. The van der Waals surface area contributed by atoms with E-state index in [4.69, 9.17) is 11.6 Å². The van der Waals surface area contributed by atoms with Gasteiger partial charge in [0.2, 0.25) is 0 Å². The fraction of sp³-hybridized carbons (Fsp3) is 0.286. The number of phenols is 1. The first kappa shape index (κ1) is 14.3. The van der Waals surface area contributed by atoms with Crippen molar-refractivity contribution >= 4 is 22.9 Å². The Morgan fingerprint density at radius 2 is 2.16 bits per heavy atom. The number of thiophene rings is 1. The normalized spacial score (nSPS) is 14.3. The number of halogens is 1. The lowest BCUT2D eigenvalue weighted by Gasteiger charge is -2.22. The predicted octanol–water partition coefficient (Wildman–Crippen LogP) is 3.10. The van der Waals surface area contributed by atoms with Crippen LogP contribution < -0.4 is 5.32 Å². The summed E-state index contributed by atoms with van der Waals surface area (Å²) in [4.78, 5) is 0.912. The first-order chi connectivity index (χ1) is 8.99. The Morgan fingerprint density at radius 1 is 1.37 bits per heavy atom. The van der Waals surface area contributed by atoms with Gasteiger partial charge in [-0.2, -0.15) is 0 Å². The van der Waals surface area contributed by atoms with Crippen LogP contribution in [0.25, 0.3) is 0 Å². The summed E-state index contributed by atoms with van der Waals surface area (Å²) in [6.45, 7) is 2.62. The second-order valence-electron chi connectivity index (χ2n) is 4.63. The van der Waals surface area contributed by atoms with E-state index in [0.717, 1.165) is 10.4 Å². The predicted molar refractivity (Wildman–Crippen MR) is 78.7 cm³/mol.